The quantitative estimate of drug-likeness (QED) is 0.441. The number of hydrogen-bond acceptors (Lipinski definition) is 2. The Bertz CT molecular complexity index is 234. The van der Waals surface area contributed by atoms with Crippen LogP contribution < -0.4 is 0 Å². The van der Waals surface area contributed by atoms with E-state index < -0.39 is 0 Å². The summed E-state index contributed by atoms with van der Waals surface area (Å²) in [6.45, 7) is 4.42. The maximum atomic E-state index is 10.9. The van der Waals surface area contributed by atoms with E-state index in [1.165, 1.54) is 51.2 Å². The first kappa shape index (κ1) is 22.4. The Morgan fingerprint density at radius 2 is 1.50 bits per heavy atom. The Labute approximate surface area is 137 Å². The summed E-state index contributed by atoms with van der Waals surface area (Å²) in [5, 5.41) is 0. The minimum Gasteiger partial charge on any atom is -0.358 e. The summed E-state index contributed by atoms with van der Waals surface area (Å²) < 4.78 is 0. The van der Waals surface area contributed by atoms with Crippen molar-refractivity contribution in [3.05, 3.63) is 7.43 Å². The smallest absolute Gasteiger partial charge is 0.123 e. The third-order valence-electron chi connectivity index (χ3n) is 4.95. The fraction of sp³-hybridized carbons (Fsp3) is 0.882. The van der Waals surface area contributed by atoms with Crippen molar-refractivity contribution in [2.45, 2.75) is 64.8 Å². The van der Waals surface area contributed by atoms with E-state index in [0.29, 0.717) is 17.9 Å². The Balaban J connectivity index is 0. The molecule has 2 aliphatic rings. The average molecular weight is 324 g/mol. The fourth-order valence-corrected chi connectivity index (χ4v) is 3.33. The molecule has 0 amide bonds. The van der Waals surface area contributed by atoms with Crippen LogP contribution in [0.2, 0.25) is 0 Å². The van der Waals surface area contributed by atoms with Crippen LogP contribution in [-0.4, -0.2) is 31.3 Å². The molecule has 2 nitrogen and oxygen atoms in total. The monoisotopic (exact) mass is 324 g/mol. The van der Waals surface area contributed by atoms with Crippen LogP contribution in [0.4, 0.5) is 0 Å². The number of aldehydes is 1. The second-order valence-electron chi connectivity index (χ2n) is 6.40. The molecule has 20 heavy (non-hydrogen) atoms. The van der Waals surface area contributed by atoms with Crippen molar-refractivity contribution in [3.63, 3.8) is 0 Å². The number of hydrogen-bond donors (Lipinski definition) is 0. The predicted octanol–water partition coefficient (Wildman–Crippen LogP) is 4.20. The van der Waals surface area contributed by atoms with Crippen LogP contribution in [0, 0.1) is 25.2 Å². The minimum atomic E-state index is 0. The van der Waals surface area contributed by atoms with Gasteiger partial charge in [0.1, 0.15) is 6.29 Å². The summed E-state index contributed by atoms with van der Waals surface area (Å²) in [4.78, 5) is 13.2. The first-order valence-corrected chi connectivity index (χ1v) is 7.69. The summed E-state index contributed by atoms with van der Waals surface area (Å²) in [5.74, 6) is 1.45. The van der Waals surface area contributed by atoms with E-state index in [0.717, 1.165) is 0 Å². The summed E-state index contributed by atoms with van der Waals surface area (Å²) in [7, 11) is 4.19. The van der Waals surface area contributed by atoms with Crippen molar-refractivity contribution in [2.24, 2.45) is 17.8 Å². The molecule has 0 heterocycles. The van der Waals surface area contributed by atoms with E-state index in [1.807, 2.05) is 0 Å². The molecule has 122 valence electrons. The largest absolute Gasteiger partial charge is 0.358 e. The van der Waals surface area contributed by atoms with Crippen molar-refractivity contribution in [2.75, 3.05) is 14.1 Å². The van der Waals surface area contributed by atoms with E-state index in [2.05, 4.69) is 32.8 Å². The number of carbonyl (C=O) groups excluding carboxylic acids is 1. The van der Waals surface area contributed by atoms with Gasteiger partial charge < -0.3 is 17.1 Å². The van der Waals surface area contributed by atoms with Gasteiger partial charge in [-0.1, -0.05) is 39.0 Å². The number of rotatable bonds is 3. The molecule has 4 atom stereocenters. The van der Waals surface area contributed by atoms with Gasteiger partial charge in [-0.15, -0.1) is 0 Å². The number of nitrogens with zero attached hydrogens (tertiary/aromatic N) is 1. The van der Waals surface area contributed by atoms with Gasteiger partial charge in [0.25, 0.3) is 0 Å². The molecule has 0 N–H and O–H groups in total. The van der Waals surface area contributed by atoms with Crippen LogP contribution in [0.15, 0.2) is 0 Å². The standard InChI is InChI=1S/C11H21NO.C5H10.CH3.Fe/c1-8-5-6-10(11(8)7-13)9(2)12(3)4;1-2-4-5-3-1;;/h7-11H,5-6H2,1-4H3;1-5H2;1H3;/q;;-1;/t8?,9-,10?,11?;;;/m1.../s1. The predicted molar refractivity (Wildman–Crippen MR) is 84.1 cm³/mol. The molecular weight excluding hydrogens is 290 g/mol. The van der Waals surface area contributed by atoms with Crippen LogP contribution in [0.5, 0.6) is 0 Å². The van der Waals surface area contributed by atoms with Crippen LogP contribution in [0.3, 0.4) is 0 Å². The molecule has 0 saturated heterocycles. The first-order valence-electron chi connectivity index (χ1n) is 7.69. The second-order valence-corrected chi connectivity index (χ2v) is 6.40. The molecule has 0 aromatic rings. The Hall–Kier alpha value is 0.149. The molecular formula is C17H34FeNO-. The summed E-state index contributed by atoms with van der Waals surface area (Å²) in [6, 6.07) is 0.528. The van der Waals surface area contributed by atoms with Crippen molar-refractivity contribution in [1.82, 2.24) is 4.90 Å². The molecule has 2 rings (SSSR count). The molecule has 0 spiro atoms. The molecule has 2 saturated carbocycles. The van der Waals surface area contributed by atoms with E-state index in [4.69, 9.17) is 0 Å². The zero-order chi connectivity index (χ0) is 13.5. The fourth-order valence-electron chi connectivity index (χ4n) is 3.33. The SMILES string of the molecule is C1CCCC1.CC1CCC([C@@H](C)N(C)C)C1C=O.[CH3-].[Fe]. The molecule has 2 aliphatic carbocycles. The topological polar surface area (TPSA) is 20.3 Å². The molecule has 0 aliphatic heterocycles. The van der Waals surface area contributed by atoms with Crippen molar-refractivity contribution >= 4 is 6.29 Å². The van der Waals surface area contributed by atoms with Crippen molar-refractivity contribution in [3.8, 4) is 0 Å². The molecule has 2 fully saturated rings. The van der Waals surface area contributed by atoms with E-state index in [-0.39, 0.29) is 30.4 Å². The Morgan fingerprint density at radius 3 is 1.85 bits per heavy atom. The van der Waals surface area contributed by atoms with Gasteiger partial charge >= 0.3 is 0 Å². The zero-order valence-corrected chi connectivity index (χ0v) is 15.1. The van der Waals surface area contributed by atoms with E-state index >= 15 is 0 Å². The van der Waals surface area contributed by atoms with Gasteiger partial charge in [0.05, 0.1) is 0 Å². The normalized spacial score (nSPS) is 29.8. The van der Waals surface area contributed by atoms with Crippen LogP contribution in [0.25, 0.3) is 0 Å². The van der Waals surface area contributed by atoms with E-state index in [1.54, 1.807) is 0 Å². The molecule has 0 bridgehead atoms. The van der Waals surface area contributed by atoms with Gasteiger partial charge in [-0.25, -0.2) is 0 Å². The molecule has 0 aromatic carbocycles. The molecule has 0 radical (unpaired) electrons. The molecule has 3 heteroatoms. The summed E-state index contributed by atoms with van der Waals surface area (Å²) >= 11 is 0. The van der Waals surface area contributed by atoms with Crippen LogP contribution in [-0.2, 0) is 21.9 Å². The molecule has 3 unspecified atom stereocenters. The third-order valence-corrected chi connectivity index (χ3v) is 4.95. The maximum Gasteiger partial charge on any atom is 0.123 e. The third kappa shape index (κ3) is 6.74. The van der Waals surface area contributed by atoms with Gasteiger partial charge in [-0.05, 0) is 45.7 Å². The summed E-state index contributed by atoms with van der Waals surface area (Å²) in [5.41, 5.74) is 0. The van der Waals surface area contributed by atoms with Crippen LogP contribution >= 0.6 is 0 Å². The Morgan fingerprint density at radius 1 is 1.05 bits per heavy atom. The van der Waals surface area contributed by atoms with Gasteiger partial charge in [0, 0.05) is 29.0 Å². The second kappa shape index (κ2) is 11.8. The molecule has 0 aromatic heterocycles. The van der Waals surface area contributed by atoms with Gasteiger partial charge in [0.15, 0.2) is 0 Å². The van der Waals surface area contributed by atoms with Crippen molar-refractivity contribution < 1.29 is 21.9 Å². The zero-order valence-electron chi connectivity index (χ0n) is 14.0. The average Bonchev–Trinajstić information content (AvgIpc) is 2.99. The van der Waals surface area contributed by atoms with Crippen molar-refractivity contribution in [1.29, 1.82) is 0 Å². The van der Waals surface area contributed by atoms with E-state index in [9.17, 15) is 4.79 Å². The van der Waals surface area contributed by atoms with Gasteiger partial charge in [-0.3, -0.25) is 0 Å². The first-order chi connectivity index (χ1) is 8.57. The van der Waals surface area contributed by atoms with Crippen LogP contribution in [0.1, 0.15) is 58.8 Å². The Kier molecular flexibility index (Phi) is 13.2. The van der Waals surface area contributed by atoms with Gasteiger partial charge in [-0.2, -0.15) is 0 Å². The number of carbonyl (C=O) groups is 1. The minimum absolute atomic E-state index is 0. The summed E-state index contributed by atoms with van der Waals surface area (Å²) in [6.07, 6.45) is 11.1. The van der Waals surface area contributed by atoms with Gasteiger partial charge in [0.2, 0.25) is 0 Å². The maximum absolute atomic E-state index is 10.9.